The van der Waals surface area contributed by atoms with Crippen molar-refractivity contribution in [3.05, 3.63) is 35.1 Å². The molecule has 0 aliphatic carbocycles. The lowest BCUT2D eigenvalue weighted by molar-refractivity contribution is 0.0595. The molecule has 0 aromatic heterocycles. The second kappa shape index (κ2) is 7.32. The summed E-state index contributed by atoms with van der Waals surface area (Å²) in [6, 6.07) is 4.21. The Hall–Kier alpha value is -2.15. The number of nitrogens with one attached hydrogen (secondary N) is 1. The van der Waals surface area contributed by atoms with Crippen LogP contribution in [0.3, 0.4) is 0 Å². The SMILES string of the molecule is COC(=O)c1ccc(CNCCOC(N)=O)cc1F. The minimum absolute atomic E-state index is 0.108. The average Bonchev–Trinajstić information content (AvgIpc) is 2.37. The third-order valence-electron chi connectivity index (χ3n) is 2.29. The number of carbonyl (C=O) groups is 2. The van der Waals surface area contributed by atoms with Crippen molar-refractivity contribution in [2.45, 2.75) is 6.54 Å². The van der Waals surface area contributed by atoms with Crippen molar-refractivity contribution in [2.75, 3.05) is 20.3 Å². The van der Waals surface area contributed by atoms with E-state index in [1.54, 1.807) is 6.07 Å². The zero-order valence-electron chi connectivity index (χ0n) is 10.4. The molecule has 1 amide bonds. The Morgan fingerprint density at radius 2 is 2.16 bits per heavy atom. The first-order valence-electron chi connectivity index (χ1n) is 5.54. The fraction of sp³-hybridized carbons (Fsp3) is 0.333. The van der Waals surface area contributed by atoms with E-state index in [9.17, 15) is 14.0 Å². The lowest BCUT2D eigenvalue weighted by atomic mass is 10.1. The smallest absolute Gasteiger partial charge is 0.404 e. The van der Waals surface area contributed by atoms with Gasteiger partial charge < -0.3 is 20.5 Å². The van der Waals surface area contributed by atoms with Gasteiger partial charge >= 0.3 is 12.1 Å². The van der Waals surface area contributed by atoms with Crippen LogP contribution in [0.25, 0.3) is 0 Å². The van der Waals surface area contributed by atoms with Gasteiger partial charge in [-0.25, -0.2) is 14.0 Å². The number of amides is 1. The van der Waals surface area contributed by atoms with Crippen LogP contribution in [0.1, 0.15) is 15.9 Å². The molecule has 0 fully saturated rings. The Labute approximate surface area is 109 Å². The summed E-state index contributed by atoms with van der Waals surface area (Å²) in [4.78, 5) is 21.5. The lowest BCUT2D eigenvalue weighted by Crippen LogP contribution is -2.23. The molecule has 0 unspecified atom stereocenters. The third-order valence-corrected chi connectivity index (χ3v) is 2.29. The second-order valence-electron chi connectivity index (χ2n) is 3.65. The minimum Gasteiger partial charge on any atom is -0.465 e. The quantitative estimate of drug-likeness (QED) is 0.589. The summed E-state index contributed by atoms with van der Waals surface area (Å²) in [5.74, 6) is -1.36. The predicted molar refractivity (Wildman–Crippen MR) is 65.0 cm³/mol. The molecule has 1 aromatic rings. The summed E-state index contributed by atoms with van der Waals surface area (Å²) < 4.78 is 22.5. The fourth-order valence-corrected chi connectivity index (χ4v) is 1.40. The fourth-order valence-electron chi connectivity index (χ4n) is 1.40. The van der Waals surface area contributed by atoms with Gasteiger partial charge in [0.05, 0.1) is 12.7 Å². The molecule has 19 heavy (non-hydrogen) atoms. The van der Waals surface area contributed by atoms with E-state index in [-0.39, 0.29) is 12.2 Å². The van der Waals surface area contributed by atoms with Crippen molar-refractivity contribution < 1.29 is 23.5 Å². The maximum absolute atomic E-state index is 13.6. The molecule has 1 aromatic carbocycles. The van der Waals surface area contributed by atoms with Crippen molar-refractivity contribution in [3.8, 4) is 0 Å². The van der Waals surface area contributed by atoms with E-state index in [1.807, 2.05) is 0 Å². The molecule has 0 bridgehead atoms. The monoisotopic (exact) mass is 270 g/mol. The van der Waals surface area contributed by atoms with E-state index in [4.69, 9.17) is 5.73 Å². The first-order valence-corrected chi connectivity index (χ1v) is 5.54. The Morgan fingerprint density at radius 3 is 2.74 bits per heavy atom. The van der Waals surface area contributed by atoms with Crippen LogP contribution in [0, 0.1) is 5.82 Å². The van der Waals surface area contributed by atoms with Crippen molar-refractivity contribution in [1.29, 1.82) is 0 Å². The van der Waals surface area contributed by atoms with Gasteiger partial charge in [-0.05, 0) is 17.7 Å². The molecular weight excluding hydrogens is 255 g/mol. The highest BCUT2D eigenvalue weighted by Gasteiger charge is 2.11. The number of carbonyl (C=O) groups excluding carboxylic acids is 2. The van der Waals surface area contributed by atoms with E-state index in [2.05, 4.69) is 14.8 Å². The molecule has 0 aliphatic rings. The highest BCUT2D eigenvalue weighted by molar-refractivity contribution is 5.89. The van der Waals surface area contributed by atoms with Crippen LogP contribution in [0.5, 0.6) is 0 Å². The molecule has 6 nitrogen and oxygen atoms in total. The van der Waals surface area contributed by atoms with Crippen LogP contribution in [0.15, 0.2) is 18.2 Å². The van der Waals surface area contributed by atoms with E-state index in [0.717, 1.165) is 0 Å². The van der Waals surface area contributed by atoms with Crippen molar-refractivity contribution >= 4 is 12.1 Å². The minimum atomic E-state index is -0.838. The molecule has 0 aliphatic heterocycles. The van der Waals surface area contributed by atoms with Crippen LogP contribution in [-0.4, -0.2) is 32.3 Å². The van der Waals surface area contributed by atoms with Gasteiger partial charge in [0.15, 0.2) is 0 Å². The number of nitrogens with two attached hydrogens (primary N) is 1. The Kier molecular flexibility index (Phi) is 5.74. The van der Waals surface area contributed by atoms with Crippen LogP contribution >= 0.6 is 0 Å². The number of rotatable bonds is 6. The molecular formula is C12H15FN2O4. The highest BCUT2D eigenvalue weighted by atomic mass is 19.1. The zero-order chi connectivity index (χ0) is 14.3. The number of ether oxygens (including phenoxy) is 2. The Bertz CT molecular complexity index is 465. The number of esters is 1. The number of hydrogen-bond donors (Lipinski definition) is 2. The molecule has 0 heterocycles. The molecule has 104 valence electrons. The van der Waals surface area contributed by atoms with Crippen molar-refractivity contribution in [2.24, 2.45) is 5.73 Å². The highest BCUT2D eigenvalue weighted by Crippen LogP contribution is 2.11. The Balaban J connectivity index is 2.45. The largest absolute Gasteiger partial charge is 0.465 e. The van der Waals surface area contributed by atoms with E-state index in [1.165, 1.54) is 19.2 Å². The zero-order valence-corrected chi connectivity index (χ0v) is 10.4. The molecule has 0 saturated carbocycles. The molecule has 1 rings (SSSR count). The van der Waals surface area contributed by atoms with Gasteiger partial charge in [0.1, 0.15) is 12.4 Å². The van der Waals surface area contributed by atoms with Crippen LogP contribution in [0.4, 0.5) is 9.18 Å². The summed E-state index contributed by atoms with van der Waals surface area (Å²) in [5.41, 5.74) is 5.33. The van der Waals surface area contributed by atoms with Gasteiger partial charge in [-0.3, -0.25) is 0 Å². The summed E-state index contributed by atoms with van der Waals surface area (Å²) in [5, 5.41) is 2.93. The maximum Gasteiger partial charge on any atom is 0.404 e. The van der Waals surface area contributed by atoms with E-state index >= 15 is 0 Å². The molecule has 0 saturated heterocycles. The van der Waals surface area contributed by atoms with Gasteiger partial charge in [-0.15, -0.1) is 0 Å². The summed E-state index contributed by atoms with van der Waals surface area (Å²) >= 11 is 0. The number of benzene rings is 1. The number of primary amides is 1. The van der Waals surface area contributed by atoms with Crippen LogP contribution < -0.4 is 11.1 Å². The van der Waals surface area contributed by atoms with Gasteiger partial charge in [0, 0.05) is 13.1 Å². The molecule has 0 spiro atoms. The molecule has 0 radical (unpaired) electrons. The first-order chi connectivity index (χ1) is 9.04. The second-order valence-corrected chi connectivity index (χ2v) is 3.65. The third kappa shape index (κ3) is 4.92. The first kappa shape index (κ1) is 14.9. The number of methoxy groups -OCH3 is 1. The maximum atomic E-state index is 13.6. The van der Waals surface area contributed by atoms with Gasteiger partial charge in [-0.2, -0.15) is 0 Å². The molecule has 7 heteroatoms. The Morgan fingerprint density at radius 1 is 1.42 bits per heavy atom. The summed E-state index contributed by atoms with van der Waals surface area (Å²) in [6.45, 7) is 0.905. The molecule has 3 N–H and O–H groups in total. The van der Waals surface area contributed by atoms with Gasteiger partial charge in [0.25, 0.3) is 0 Å². The standard InChI is InChI=1S/C12H15FN2O4/c1-18-11(16)9-3-2-8(6-10(9)13)7-15-4-5-19-12(14)17/h2-3,6,15H,4-5,7H2,1H3,(H2,14,17). The van der Waals surface area contributed by atoms with Crippen LogP contribution in [-0.2, 0) is 16.0 Å². The number of hydrogen-bond acceptors (Lipinski definition) is 5. The average molecular weight is 270 g/mol. The summed E-state index contributed by atoms with van der Waals surface area (Å²) in [7, 11) is 1.19. The van der Waals surface area contributed by atoms with Gasteiger partial charge in [0.2, 0.25) is 0 Å². The van der Waals surface area contributed by atoms with Gasteiger partial charge in [-0.1, -0.05) is 6.07 Å². The molecule has 0 atom stereocenters. The van der Waals surface area contributed by atoms with E-state index in [0.29, 0.717) is 18.7 Å². The lowest BCUT2D eigenvalue weighted by Gasteiger charge is -2.07. The predicted octanol–water partition coefficient (Wildman–Crippen LogP) is 0.797. The van der Waals surface area contributed by atoms with Crippen LogP contribution in [0.2, 0.25) is 0 Å². The van der Waals surface area contributed by atoms with E-state index < -0.39 is 17.9 Å². The normalized spacial score (nSPS) is 10.0. The van der Waals surface area contributed by atoms with Crippen molar-refractivity contribution in [3.63, 3.8) is 0 Å². The number of halogens is 1. The topological polar surface area (TPSA) is 90.7 Å². The van der Waals surface area contributed by atoms with Crippen molar-refractivity contribution in [1.82, 2.24) is 5.32 Å². The summed E-state index contributed by atoms with van der Waals surface area (Å²) in [6.07, 6.45) is -0.838.